The minimum absolute atomic E-state index is 0.0640. The number of nitrogens with zero attached hydrogens (tertiary/aromatic N) is 2. The number of amides is 1. The molecular weight excluding hydrogens is 278 g/mol. The summed E-state index contributed by atoms with van der Waals surface area (Å²) < 4.78 is 0. The van der Waals surface area contributed by atoms with E-state index in [2.05, 4.69) is 29.4 Å². The molecule has 2 aromatic heterocycles. The van der Waals surface area contributed by atoms with Gasteiger partial charge in [-0.2, -0.15) is 0 Å². The Labute approximate surface area is 119 Å². The predicted molar refractivity (Wildman–Crippen MR) is 78.3 cm³/mol. The molecule has 0 atom stereocenters. The minimum atomic E-state index is -0.0640. The van der Waals surface area contributed by atoms with Gasteiger partial charge in [0.2, 0.25) is 5.13 Å². The van der Waals surface area contributed by atoms with Gasteiger partial charge in [-0.3, -0.25) is 10.1 Å². The zero-order valence-electron chi connectivity index (χ0n) is 10.9. The number of nitrogens with one attached hydrogen (secondary N) is 1. The molecule has 2 heterocycles. The lowest BCUT2D eigenvalue weighted by molar-refractivity contribution is 0.103. The highest BCUT2D eigenvalue weighted by molar-refractivity contribution is 7.16. The van der Waals surface area contributed by atoms with Crippen LogP contribution >= 0.6 is 22.7 Å². The first-order valence-electron chi connectivity index (χ1n) is 6.40. The third kappa shape index (κ3) is 2.55. The second-order valence-corrected chi connectivity index (χ2v) is 7.11. The molecule has 0 saturated heterocycles. The number of aryl methyl sites for hydroxylation is 2. The van der Waals surface area contributed by atoms with Crippen LogP contribution in [-0.2, 0) is 12.8 Å². The fourth-order valence-corrected chi connectivity index (χ4v) is 4.01. The Morgan fingerprint density at radius 2 is 2.16 bits per heavy atom. The van der Waals surface area contributed by atoms with Crippen LogP contribution < -0.4 is 5.32 Å². The van der Waals surface area contributed by atoms with Gasteiger partial charge < -0.3 is 0 Å². The highest BCUT2D eigenvalue weighted by Crippen LogP contribution is 2.31. The van der Waals surface area contributed by atoms with E-state index in [0.29, 0.717) is 11.0 Å². The van der Waals surface area contributed by atoms with Crippen molar-refractivity contribution in [3.63, 3.8) is 0 Å². The van der Waals surface area contributed by atoms with Gasteiger partial charge in [-0.1, -0.05) is 25.2 Å². The average Bonchev–Trinajstić information content (AvgIpc) is 3.02. The number of rotatable bonds is 3. The van der Waals surface area contributed by atoms with Crippen molar-refractivity contribution in [2.75, 3.05) is 5.32 Å². The van der Waals surface area contributed by atoms with Gasteiger partial charge in [-0.05, 0) is 30.9 Å². The third-order valence-electron chi connectivity index (χ3n) is 3.13. The van der Waals surface area contributed by atoms with Crippen LogP contribution in [0.2, 0.25) is 0 Å². The smallest absolute Gasteiger partial charge is 0.267 e. The maximum absolute atomic E-state index is 12.1. The summed E-state index contributed by atoms with van der Waals surface area (Å²) >= 11 is 3.05. The number of carbonyl (C=O) groups is 1. The van der Waals surface area contributed by atoms with Crippen molar-refractivity contribution in [2.24, 2.45) is 0 Å². The normalized spacial score (nSPS) is 13.8. The maximum Gasteiger partial charge on any atom is 0.267 e. The number of fused-ring (bicyclic) bond motifs is 1. The monoisotopic (exact) mass is 293 g/mol. The molecular formula is C13H15N3OS2. The zero-order valence-corrected chi connectivity index (χ0v) is 12.5. The van der Waals surface area contributed by atoms with Crippen LogP contribution in [0.3, 0.4) is 0 Å². The third-order valence-corrected chi connectivity index (χ3v) is 5.50. The van der Waals surface area contributed by atoms with Gasteiger partial charge in [0.15, 0.2) is 0 Å². The van der Waals surface area contributed by atoms with Crippen molar-refractivity contribution in [1.29, 1.82) is 0 Å². The molecule has 0 spiro atoms. The minimum Gasteiger partial charge on any atom is -0.296 e. The number of carbonyl (C=O) groups excluding carboxylic acids is 1. The van der Waals surface area contributed by atoms with E-state index >= 15 is 0 Å². The van der Waals surface area contributed by atoms with Crippen LogP contribution in [0.1, 0.15) is 51.3 Å². The van der Waals surface area contributed by atoms with Crippen LogP contribution in [0.15, 0.2) is 6.07 Å². The summed E-state index contributed by atoms with van der Waals surface area (Å²) in [5.74, 6) is 0.277. The van der Waals surface area contributed by atoms with E-state index in [1.165, 1.54) is 28.2 Å². The van der Waals surface area contributed by atoms with E-state index in [0.717, 1.165) is 22.7 Å². The van der Waals surface area contributed by atoms with E-state index in [9.17, 15) is 4.79 Å². The Bertz CT molecular complexity index is 594. The van der Waals surface area contributed by atoms with Gasteiger partial charge in [0.25, 0.3) is 5.91 Å². The molecule has 1 aliphatic carbocycles. The summed E-state index contributed by atoms with van der Waals surface area (Å²) in [5.41, 5.74) is 1.34. The van der Waals surface area contributed by atoms with Crippen molar-refractivity contribution in [1.82, 2.24) is 10.2 Å². The van der Waals surface area contributed by atoms with E-state index in [1.807, 2.05) is 6.07 Å². The molecule has 3 rings (SSSR count). The second-order valence-electron chi connectivity index (χ2n) is 4.97. The lowest BCUT2D eigenvalue weighted by Gasteiger charge is -1.98. The molecule has 0 saturated carbocycles. The highest BCUT2D eigenvalue weighted by atomic mass is 32.1. The summed E-state index contributed by atoms with van der Waals surface area (Å²) in [4.78, 5) is 14.3. The Kier molecular flexibility index (Phi) is 3.36. The van der Waals surface area contributed by atoms with Crippen molar-refractivity contribution in [3.8, 4) is 0 Å². The summed E-state index contributed by atoms with van der Waals surface area (Å²) in [6.45, 7) is 4.13. The van der Waals surface area contributed by atoms with Crippen LogP contribution in [0.5, 0.6) is 0 Å². The van der Waals surface area contributed by atoms with Crippen molar-refractivity contribution in [2.45, 2.75) is 39.0 Å². The molecule has 0 bridgehead atoms. The van der Waals surface area contributed by atoms with Crippen LogP contribution in [0.25, 0.3) is 0 Å². The van der Waals surface area contributed by atoms with E-state index < -0.39 is 0 Å². The van der Waals surface area contributed by atoms with Crippen LogP contribution in [0.4, 0.5) is 5.13 Å². The molecule has 1 aliphatic rings. The number of hydrogen-bond acceptors (Lipinski definition) is 5. The summed E-state index contributed by atoms with van der Waals surface area (Å²) in [6.07, 6.45) is 3.44. The first-order valence-corrected chi connectivity index (χ1v) is 8.03. The van der Waals surface area contributed by atoms with Crippen molar-refractivity contribution < 1.29 is 4.79 Å². The second kappa shape index (κ2) is 5.02. The van der Waals surface area contributed by atoms with Gasteiger partial charge in [-0.15, -0.1) is 21.5 Å². The average molecular weight is 293 g/mol. The van der Waals surface area contributed by atoms with Gasteiger partial charge in [-0.25, -0.2) is 0 Å². The summed E-state index contributed by atoms with van der Waals surface area (Å²) in [6, 6.07) is 2.02. The van der Waals surface area contributed by atoms with Crippen LogP contribution in [0, 0.1) is 0 Å². The van der Waals surface area contributed by atoms with E-state index in [-0.39, 0.29) is 5.91 Å². The van der Waals surface area contributed by atoms with Crippen molar-refractivity contribution in [3.05, 3.63) is 26.4 Å². The first-order chi connectivity index (χ1) is 9.13. The molecule has 6 heteroatoms. The van der Waals surface area contributed by atoms with Gasteiger partial charge >= 0.3 is 0 Å². The molecule has 0 unspecified atom stereocenters. The van der Waals surface area contributed by atoms with Gasteiger partial charge in [0, 0.05) is 10.8 Å². The van der Waals surface area contributed by atoms with Crippen LogP contribution in [-0.4, -0.2) is 16.1 Å². The molecule has 0 aliphatic heterocycles. The predicted octanol–water partition coefficient (Wildman–Crippen LogP) is 3.46. The first kappa shape index (κ1) is 12.7. The number of thiophene rings is 1. The fraction of sp³-hybridized carbons (Fsp3) is 0.462. The quantitative estimate of drug-likeness (QED) is 0.942. The number of hydrogen-bond donors (Lipinski definition) is 1. The molecule has 19 heavy (non-hydrogen) atoms. The van der Waals surface area contributed by atoms with E-state index in [4.69, 9.17) is 0 Å². The van der Waals surface area contributed by atoms with Gasteiger partial charge in [0.05, 0.1) is 4.88 Å². The Hall–Kier alpha value is -1.27. The van der Waals surface area contributed by atoms with Gasteiger partial charge in [0.1, 0.15) is 5.01 Å². The molecule has 2 aromatic rings. The molecule has 0 aromatic carbocycles. The molecule has 0 radical (unpaired) electrons. The Morgan fingerprint density at radius 3 is 2.84 bits per heavy atom. The number of anilines is 1. The fourth-order valence-electron chi connectivity index (χ4n) is 2.12. The summed E-state index contributed by atoms with van der Waals surface area (Å²) in [5, 5.41) is 12.4. The Morgan fingerprint density at radius 1 is 1.32 bits per heavy atom. The summed E-state index contributed by atoms with van der Waals surface area (Å²) in [7, 11) is 0. The maximum atomic E-state index is 12.1. The standard InChI is InChI=1S/C13H15N3OS2/c1-7(2)12-15-16-13(19-12)14-11(17)10-6-8-4-3-5-9(8)18-10/h6-7H,3-5H2,1-2H3,(H,14,16,17). The lowest BCUT2D eigenvalue weighted by Crippen LogP contribution is -2.09. The highest BCUT2D eigenvalue weighted by Gasteiger charge is 2.19. The van der Waals surface area contributed by atoms with Crippen molar-refractivity contribution >= 4 is 33.7 Å². The zero-order chi connectivity index (χ0) is 13.4. The SMILES string of the molecule is CC(C)c1nnc(NC(=O)c2cc3c(s2)CCC3)s1. The molecule has 0 fully saturated rings. The Balaban J connectivity index is 1.73. The van der Waals surface area contributed by atoms with E-state index in [1.54, 1.807) is 11.3 Å². The lowest BCUT2D eigenvalue weighted by atomic mass is 10.2. The molecule has 4 nitrogen and oxygen atoms in total. The number of aromatic nitrogens is 2. The molecule has 1 amide bonds. The molecule has 100 valence electrons. The largest absolute Gasteiger partial charge is 0.296 e. The molecule has 1 N–H and O–H groups in total. The topological polar surface area (TPSA) is 54.9 Å².